The van der Waals surface area contributed by atoms with Gasteiger partial charge in [0.2, 0.25) is 0 Å². The molecule has 1 aliphatic heterocycles. The van der Waals surface area contributed by atoms with Crippen molar-refractivity contribution in [3.8, 4) is 11.5 Å². The van der Waals surface area contributed by atoms with Crippen molar-refractivity contribution in [1.29, 1.82) is 0 Å². The zero-order valence-electron chi connectivity index (χ0n) is 18.4. The highest BCUT2D eigenvalue weighted by molar-refractivity contribution is 5.49. The van der Waals surface area contributed by atoms with E-state index in [4.69, 9.17) is 9.47 Å². The molecule has 2 heterocycles. The minimum Gasteiger partial charge on any atom is -0.493 e. The zero-order valence-corrected chi connectivity index (χ0v) is 18.4. The van der Waals surface area contributed by atoms with Crippen LogP contribution in [0.1, 0.15) is 23.0 Å². The Balaban J connectivity index is 1.70. The first-order chi connectivity index (χ1) is 15.2. The first kappa shape index (κ1) is 21.3. The average molecular weight is 423 g/mol. The summed E-state index contributed by atoms with van der Waals surface area (Å²) in [5.74, 6) is 2.26. The van der Waals surface area contributed by atoms with Gasteiger partial charge < -0.3 is 14.4 Å². The van der Waals surface area contributed by atoms with Gasteiger partial charge in [0.05, 0.1) is 14.2 Å². The summed E-state index contributed by atoms with van der Waals surface area (Å²) in [6, 6.07) is 16.3. The molecule has 0 aliphatic carbocycles. The Morgan fingerprint density at radius 1 is 0.935 bits per heavy atom. The van der Waals surface area contributed by atoms with Crippen LogP contribution < -0.4 is 9.47 Å². The number of tetrazole rings is 1. The van der Waals surface area contributed by atoms with Gasteiger partial charge in [-0.15, -0.1) is 5.10 Å². The topological polar surface area (TPSA) is 68.5 Å². The normalized spacial score (nSPS) is 16.2. The summed E-state index contributed by atoms with van der Waals surface area (Å²) >= 11 is 0. The molecule has 0 spiro atoms. The summed E-state index contributed by atoms with van der Waals surface area (Å²) < 4.78 is 13.3. The van der Waals surface area contributed by atoms with Crippen LogP contribution in [-0.2, 0) is 13.0 Å². The van der Waals surface area contributed by atoms with E-state index in [0.717, 1.165) is 49.7 Å². The number of nitrogens with zero attached hydrogens (tertiary/aromatic N) is 6. The predicted octanol–water partition coefficient (Wildman–Crippen LogP) is 2.27. The summed E-state index contributed by atoms with van der Waals surface area (Å²) in [7, 11) is 5.50. The van der Waals surface area contributed by atoms with Gasteiger partial charge in [-0.25, -0.2) is 4.68 Å². The average Bonchev–Trinajstić information content (AvgIpc) is 3.27. The minimum absolute atomic E-state index is 0.121. The summed E-state index contributed by atoms with van der Waals surface area (Å²) in [4.78, 5) is 4.77. The van der Waals surface area contributed by atoms with Crippen molar-refractivity contribution in [3.63, 3.8) is 0 Å². The molecule has 1 fully saturated rings. The molecule has 1 aliphatic rings. The van der Waals surface area contributed by atoms with Gasteiger partial charge in [0.1, 0.15) is 6.04 Å². The van der Waals surface area contributed by atoms with Gasteiger partial charge in [0.25, 0.3) is 0 Å². The van der Waals surface area contributed by atoms with Crippen LogP contribution in [0, 0.1) is 0 Å². The smallest absolute Gasteiger partial charge is 0.173 e. The predicted molar refractivity (Wildman–Crippen MR) is 118 cm³/mol. The van der Waals surface area contributed by atoms with E-state index in [0.29, 0.717) is 12.3 Å². The quantitative estimate of drug-likeness (QED) is 0.552. The van der Waals surface area contributed by atoms with Crippen LogP contribution >= 0.6 is 0 Å². The van der Waals surface area contributed by atoms with Crippen LogP contribution in [0.4, 0.5) is 0 Å². The van der Waals surface area contributed by atoms with Crippen LogP contribution in [0.3, 0.4) is 0 Å². The maximum atomic E-state index is 5.79. The molecule has 164 valence electrons. The van der Waals surface area contributed by atoms with Crippen LogP contribution in [-0.4, -0.2) is 77.5 Å². The third-order valence-electron chi connectivity index (χ3n) is 5.89. The van der Waals surface area contributed by atoms with Crippen LogP contribution in [0.5, 0.6) is 11.5 Å². The number of rotatable bonds is 8. The molecule has 0 N–H and O–H groups in total. The van der Waals surface area contributed by atoms with Crippen molar-refractivity contribution in [2.75, 3.05) is 47.4 Å². The minimum atomic E-state index is -0.121. The maximum Gasteiger partial charge on any atom is 0.173 e. The Kier molecular flexibility index (Phi) is 6.79. The fourth-order valence-corrected chi connectivity index (χ4v) is 4.15. The number of benzene rings is 2. The molecule has 1 atom stereocenters. The number of para-hydroxylation sites is 1. The maximum absolute atomic E-state index is 5.79. The second-order valence-corrected chi connectivity index (χ2v) is 7.82. The zero-order chi connectivity index (χ0) is 21.6. The molecule has 1 aromatic heterocycles. The van der Waals surface area contributed by atoms with E-state index in [1.165, 1.54) is 5.56 Å². The molecule has 0 unspecified atom stereocenters. The molecule has 2 aromatic carbocycles. The Bertz CT molecular complexity index is 969. The molecule has 8 heteroatoms. The number of hydrogen-bond acceptors (Lipinski definition) is 7. The number of ether oxygens (including phenoxy) is 2. The van der Waals surface area contributed by atoms with Crippen molar-refractivity contribution in [2.45, 2.75) is 19.0 Å². The van der Waals surface area contributed by atoms with Crippen LogP contribution in [0.15, 0.2) is 48.5 Å². The number of methoxy groups -OCH3 is 2. The molecule has 31 heavy (non-hydrogen) atoms. The number of hydrogen-bond donors (Lipinski definition) is 0. The molecule has 1 saturated heterocycles. The lowest BCUT2D eigenvalue weighted by Gasteiger charge is -2.38. The van der Waals surface area contributed by atoms with Crippen molar-refractivity contribution >= 4 is 0 Å². The van der Waals surface area contributed by atoms with Gasteiger partial charge in [-0.2, -0.15) is 0 Å². The number of aryl methyl sites for hydroxylation is 2. The lowest BCUT2D eigenvalue weighted by Crippen LogP contribution is -2.46. The highest BCUT2D eigenvalue weighted by Crippen LogP contribution is 2.39. The lowest BCUT2D eigenvalue weighted by atomic mass is 10.0. The second-order valence-electron chi connectivity index (χ2n) is 7.82. The van der Waals surface area contributed by atoms with Gasteiger partial charge >= 0.3 is 0 Å². The van der Waals surface area contributed by atoms with Gasteiger partial charge in [0.15, 0.2) is 17.3 Å². The molecule has 4 rings (SSSR count). The summed E-state index contributed by atoms with van der Waals surface area (Å²) in [5.41, 5.74) is 2.28. The molecule has 0 radical (unpaired) electrons. The van der Waals surface area contributed by atoms with E-state index in [9.17, 15) is 0 Å². The molecule has 0 saturated carbocycles. The standard InChI is InChI=1S/C23H30N6O2/c1-27-14-16-28(17-15-27)21(19-10-7-11-20(30-2)22(19)31-3)23-24-25-26-29(23)13-12-18-8-5-4-6-9-18/h4-11,21H,12-17H2,1-3H3/t21-/m0/s1. The number of likely N-dealkylation sites (N-methyl/N-ethyl adjacent to an activating group) is 1. The molecular formula is C23H30N6O2. The lowest BCUT2D eigenvalue weighted by molar-refractivity contribution is 0.120. The Hall–Kier alpha value is -2.97. The van der Waals surface area contributed by atoms with Crippen molar-refractivity contribution in [2.24, 2.45) is 0 Å². The van der Waals surface area contributed by atoms with Crippen molar-refractivity contribution < 1.29 is 9.47 Å². The second kappa shape index (κ2) is 9.89. The third-order valence-corrected chi connectivity index (χ3v) is 5.89. The van der Waals surface area contributed by atoms with Crippen LogP contribution in [0.2, 0.25) is 0 Å². The Labute approximate surface area is 183 Å². The van der Waals surface area contributed by atoms with Crippen molar-refractivity contribution in [3.05, 3.63) is 65.5 Å². The number of piperazine rings is 1. The van der Waals surface area contributed by atoms with E-state index in [1.54, 1.807) is 14.2 Å². The largest absolute Gasteiger partial charge is 0.493 e. The fraction of sp³-hybridized carbons (Fsp3) is 0.435. The summed E-state index contributed by atoms with van der Waals surface area (Å²) in [6.07, 6.45) is 0.865. The van der Waals surface area contributed by atoms with Gasteiger partial charge in [-0.3, -0.25) is 4.90 Å². The van der Waals surface area contributed by atoms with Gasteiger partial charge in [-0.05, 0) is 35.5 Å². The first-order valence-corrected chi connectivity index (χ1v) is 10.6. The Morgan fingerprint density at radius 2 is 1.71 bits per heavy atom. The SMILES string of the molecule is COc1cccc([C@@H](c2nnnn2CCc2ccccc2)N2CCN(C)CC2)c1OC. The van der Waals surface area contributed by atoms with E-state index in [-0.39, 0.29) is 6.04 Å². The van der Waals surface area contributed by atoms with Crippen LogP contribution in [0.25, 0.3) is 0 Å². The van der Waals surface area contributed by atoms with Crippen molar-refractivity contribution in [1.82, 2.24) is 30.0 Å². The molecule has 0 amide bonds. The van der Waals surface area contributed by atoms with Gasteiger partial charge in [-0.1, -0.05) is 42.5 Å². The van der Waals surface area contributed by atoms with E-state index < -0.39 is 0 Å². The monoisotopic (exact) mass is 422 g/mol. The highest BCUT2D eigenvalue weighted by Gasteiger charge is 2.32. The third kappa shape index (κ3) is 4.70. The molecule has 0 bridgehead atoms. The Morgan fingerprint density at radius 3 is 2.42 bits per heavy atom. The van der Waals surface area contributed by atoms with E-state index in [1.807, 2.05) is 22.9 Å². The molecular weight excluding hydrogens is 392 g/mol. The van der Waals surface area contributed by atoms with E-state index in [2.05, 4.69) is 62.7 Å². The molecule has 8 nitrogen and oxygen atoms in total. The van der Waals surface area contributed by atoms with E-state index >= 15 is 0 Å². The first-order valence-electron chi connectivity index (χ1n) is 10.6. The summed E-state index contributed by atoms with van der Waals surface area (Å²) in [5, 5.41) is 12.9. The fourth-order valence-electron chi connectivity index (χ4n) is 4.15. The highest BCUT2D eigenvalue weighted by atomic mass is 16.5. The molecule has 3 aromatic rings. The summed E-state index contributed by atoms with van der Waals surface area (Å²) in [6.45, 7) is 4.55. The van der Waals surface area contributed by atoms with Gasteiger partial charge in [0, 0.05) is 38.3 Å². The number of aromatic nitrogens is 4.